The highest BCUT2D eigenvalue weighted by molar-refractivity contribution is 6.36. The van der Waals surface area contributed by atoms with Crippen molar-refractivity contribution in [1.29, 1.82) is 0 Å². The summed E-state index contributed by atoms with van der Waals surface area (Å²) in [4.78, 5) is 12.3. The highest BCUT2D eigenvalue weighted by atomic mass is 35.5. The SMILES string of the molecule is CCCCCCCCOc1ccc(C(=O)Nc2ccc(Cl)cc2Cl)cc1. The average Bonchev–Trinajstić information content (AvgIpc) is 2.64. The van der Waals surface area contributed by atoms with Crippen molar-refractivity contribution < 1.29 is 9.53 Å². The van der Waals surface area contributed by atoms with Crippen LogP contribution < -0.4 is 10.1 Å². The van der Waals surface area contributed by atoms with E-state index in [2.05, 4.69) is 12.2 Å². The van der Waals surface area contributed by atoms with Gasteiger partial charge in [-0.3, -0.25) is 4.79 Å². The Balaban J connectivity index is 1.78. The van der Waals surface area contributed by atoms with Crippen LogP contribution in [0.5, 0.6) is 5.75 Å². The van der Waals surface area contributed by atoms with Crippen LogP contribution in [0.2, 0.25) is 10.0 Å². The average molecular weight is 394 g/mol. The number of hydrogen-bond donors (Lipinski definition) is 1. The number of ether oxygens (including phenoxy) is 1. The fourth-order valence-electron chi connectivity index (χ4n) is 2.56. The minimum atomic E-state index is -0.225. The number of nitrogens with one attached hydrogen (secondary N) is 1. The van der Waals surface area contributed by atoms with Crippen LogP contribution in [0.3, 0.4) is 0 Å². The largest absolute Gasteiger partial charge is 0.494 e. The molecule has 0 aromatic heterocycles. The third kappa shape index (κ3) is 6.89. The molecule has 1 N–H and O–H groups in total. The van der Waals surface area contributed by atoms with Crippen molar-refractivity contribution in [1.82, 2.24) is 0 Å². The third-order valence-electron chi connectivity index (χ3n) is 4.06. The summed E-state index contributed by atoms with van der Waals surface area (Å²) in [5.41, 5.74) is 1.08. The Morgan fingerprint density at radius 1 is 0.962 bits per heavy atom. The minimum absolute atomic E-state index is 0.225. The standard InChI is InChI=1S/C21H25Cl2NO2/c1-2-3-4-5-6-7-14-26-18-11-8-16(9-12-18)21(25)24-20-13-10-17(22)15-19(20)23/h8-13,15H,2-7,14H2,1H3,(H,24,25). The van der Waals surface area contributed by atoms with Gasteiger partial charge in [0.1, 0.15) is 5.75 Å². The Morgan fingerprint density at radius 3 is 2.35 bits per heavy atom. The molecule has 3 nitrogen and oxygen atoms in total. The van der Waals surface area contributed by atoms with Crippen molar-refractivity contribution in [3.05, 3.63) is 58.1 Å². The Kier molecular flexibility index (Phi) is 8.79. The number of benzene rings is 2. The molecule has 0 atom stereocenters. The third-order valence-corrected chi connectivity index (χ3v) is 4.61. The van der Waals surface area contributed by atoms with Crippen LogP contribution in [0.1, 0.15) is 55.8 Å². The van der Waals surface area contributed by atoms with Crippen LogP contribution in [0.15, 0.2) is 42.5 Å². The van der Waals surface area contributed by atoms with Crippen LogP contribution in [0.4, 0.5) is 5.69 Å². The van der Waals surface area contributed by atoms with Gasteiger partial charge in [0.25, 0.3) is 5.91 Å². The number of unbranched alkanes of at least 4 members (excludes halogenated alkanes) is 5. The minimum Gasteiger partial charge on any atom is -0.494 e. The summed E-state index contributed by atoms with van der Waals surface area (Å²) < 4.78 is 5.73. The Bertz CT molecular complexity index is 702. The first kappa shape index (κ1) is 20.6. The van der Waals surface area contributed by atoms with Crippen LogP contribution in [-0.2, 0) is 0 Å². The molecular formula is C21H25Cl2NO2. The molecule has 0 spiro atoms. The molecular weight excluding hydrogens is 369 g/mol. The van der Waals surface area contributed by atoms with Crippen LogP contribution >= 0.6 is 23.2 Å². The monoisotopic (exact) mass is 393 g/mol. The fourth-order valence-corrected chi connectivity index (χ4v) is 3.02. The summed E-state index contributed by atoms with van der Waals surface area (Å²) in [6.45, 7) is 2.93. The van der Waals surface area contributed by atoms with E-state index in [9.17, 15) is 4.79 Å². The number of anilines is 1. The van der Waals surface area contributed by atoms with Gasteiger partial charge in [0.2, 0.25) is 0 Å². The molecule has 2 aromatic rings. The maximum atomic E-state index is 12.3. The first-order valence-corrected chi connectivity index (χ1v) is 9.85. The molecule has 0 saturated carbocycles. The lowest BCUT2D eigenvalue weighted by Gasteiger charge is -2.09. The topological polar surface area (TPSA) is 38.3 Å². The van der Waals surface area contributed by atoms with Gasteiger partial charge < -0.3 is 10.1 Å². The summed E-state index contributed by atoms with van der Waals surface area (Å²) in [6.07, 6.45) is 7.40. The van der Waals surface area contributed by atoms with E-state index in [1.165, 1.54) is 32.1 Å². The van der Waals surface area contributed by atoms with E-state index in [0.717, 1.165) is 12.2 Å². The van der Waals surface area contributed by atoms with Gasteiger partial charge in [-0.1, -0.05) is 62.2 Å². The van der Waals surface area contributed by atoms with Gasteiger partial charge in [0.15, 0.2) is 0 Å². The zero-order valence-corrected chi connectivity index (χ0v) is 16.6. The van der Waals surface area contributed by atoms with Gasteiger partial charge in [0, 0.05) is 10.6 Å². The lowest BCUT2D eigenvalue weighted by molar-refractivity contribution is 0.102. The van der Waals surface area contributed by atoms with Crippen molar-refractivity contribution in [2.24, 2.45) is 0 Å². The molecule has 0 saturated heterocycles. The number of halogens is 2. The predicted octanol–water partition coefficient (Wildman–Crippen LogP) is 6.99. The molecule has 26 heavy (non-hydrogen) atoms. The van der Waals surface area contributed by atoms with Gasteiger partial charge in [-0.15, -0.1) is 0 Å². The number of carbonyl (C=O) groups excluding carboxylic acids is 1. The number of rotatable bonds is 10. The molecule has 0 aliphatic rings. The molecule has 5 heteroatoms. The molecule has 2 aromatic carbocycles. The zero-order valence-electron chi connectivity index (χ0n) is 15.1. The Labute approximate surface area is 165 Å². The molecule has 0 fully saturated rings. The van der Waals surface area contributed by atoms with Crippen molar-refractivity contribution in [2.75, 3.05) is 11.9 Å². The van der Waals surface area contributed by atoms with Gasteiger partial charge in [-0.05, 0) is 48.9 Å². The van der Waals surface area contributed by atoms with Crippen molar-refractivity contribution in [3.63, 3.8) is 0 Å². The molecule has 1 amide bonds. The molecule has 140 valence electrons. The second-order valence-electron chi connectivity index (χ2n) is 6.22. The number of amides is 1. The van der Waals surface area contributed by atoms with Crippen molar-refractivity contribution in [3.8, 4) is 5.75 Å². The maximum absolute atomic E-state index is 12.3. The highest BCUT2D eigenvalue weighted by Gasteiger charge is 2.09. The summed E-state index contributed by atoms with van der Waals surface area (Å²) in [5.74, 6) is 0.552. The van der Waals surface area contributed by atoms with Crippen molar-refractivity contribution in [2.45, 2.75) is 45.4 Å². The quantitative estimate of drug-likeness (QED) is 0.441. The van der Waals surface area contributed by atoms with E-state index in [0.29, 0.717) is 27.9 Å². The van der Waals surface area contributed by atoms with E-state index in [1.54, 1.807) is 30.3 Å². The first-order chi connectivity index (χ1) is 12.6. The number of hydrogen-bond acceptors (Lipinski definition) is 2. The highest BCUT2D eigenvalue weighted by Crippen LogP contribution is 2.26. The molecule has 0 heterocycles. The van der Waals surface area contributed by atoms with Crippen LogP contribution in [0.25, 0.3) is 0 Å². The predicted molar refractivity (Wildman–Crippen MR) is 110 cm³/mol. The maximum Gasteiger partial charge on any atom is 0.255 e. The molecule has 0 aliphatic carbocycles. The van der Waals surface area contributed by atoms with E-state index in [-0.39, 0.29) is 5.91 Å². The second-order valence-corrected chi connectivity index (χ2v) is 7.06. The summed E-state index contributed by atoms with van der Waals surface area (Å²) in [5, 5.41) is 3.71. The van der Waals surface area contributed by atoms with E-state index < -0.39 is 0 Å². The lowest BCUT2D eigenvalue weighted by Crippen LogP contribution is -2.12. The van der Waals surface area contributed by atoms with Crippen LogP contribution in [0, 0.1) is 0 Å². The van der Waals surface area contributed by atoms with Gasteiger partial charge in [-0.2, -0.15) is 0 Å². The molecule has 0 radical (unpaired) electrons. The van der Waals surface area contributed by atoms with Crippen LogP contribution in [-0.4, -0.2) is 12.5 Å². The molecule has 0 aliphatic heterocycles. The number of carbonyl (C=O) groups is 1. The van der Waals surface area contributed by atoms with Gasteiger partial charge in [0.05, 0.1) is 17.3 Å². The van der Waals surface area contributed by atoms with E-state index in [4.69, 9.17) is 27.9 Å². The zero-order chi connectivity index (χ0) is 18.8. The van der Waals surface area contributed by atoms with Crippen molar-refractivity contribution >= 4 is 34.8 Å². The first-order valence-electron chi connectivity index (χ1n) is 9.09. The Hall–Kier alpha value is -1.71. The van der Waals surface area contributed by atoms with Gasteiger partial charge >= 0.3 is 0 Å². The smallest absolute Gasteiger partial charge is 0.255 e. The normalized spacial score (nSPS) is 10.6. The summed E-state index contributed by atoms with van der Waals surface area (Å²) in [6, 6.07) is 12.1. The van der Waals surface area contributed by atoms with Gasteiger partial charge in [-0.25, -0.2) is 0 Å². The van der Waals surface area contributed by atoms with E-state index >= 15 is 0 Å². The van der Waals surface area contributed by atoms with E-state index in [1.807, 2.05) is 12.1 Å². The summed E-state index contributed by atoms with van der Waals surface area (Å²) >= 11 is 11.9. The Morgan fingerprint density at radius 2 is 1.65 bits per heavy atom. The summed E-state index contributed by atoms with van der Waals surface area (Å²) in [7, 11) is 0. The molecule has 2 rings (SSSR count). The fraction of sp³-hybridized carbons (Fsp3) is 0.381. The second kappa shape index (κ2) is 11.1. The lowest BCUT2D eigenvalue weighted by atomic mass is 10.1. The molecule has 0 unspecified atom stereocenters. The molecule has 0 bridgehead atoms.